The molecule has 1 rings (SSSR count). The molecule has 0 aromatic heterocycles. The van der Waals surface area contributed by atoms with Crippen molar-refractivity contribution in [1.29, 1.82) is 0 Å². The molecule has 0 bridgehead atoms. The van der Waals surface area contributed by atoms with Crippen LogP contribution in [0.5, 0.6) is 0 Å². The van der Waals surface area contributed by atoms with Gasteiger partial charge in [0.05, 0.1) is 4.90 Å². The topological polar surface area (TPSA) is 63.2 Å². The molecule has 0 fully saturated rings. The summed E-state index contributed by atoms with van der Waals surface area (Å²) in [6.07, 6.45) is 0. The Balaban J connectivity index is 3.09. The van der Waals surface area contributed by atoms with Crippen molar-refractivity contribution >= 4 is 15.8 Å². The first-order valence-corrected chi connectivity index (χ1v) is 7.88. The van der Waals surface area contributed by atoms with Crippen LogP contribution in [-0.4, -0.2) is 20.7 Å². The van der Waals surface area contributed by atoms with Crippen LogP contribution in [0.2, 0.25) is 0 Å². The normalized spacial score (nSPS) is 13.5. The molecule has 1 N–H and O–H groups in total. The van der Waals surface area contributed by atoms with Crippen LogP contribution in [-0.2, 0) is 14.8 Å². The lowest BCUT2D eigenvalue weighted by atomic mass is 9.86. The Hall–Kier alpha value is -1.20. The fourth-order valence-electron chi connectivity index (χ4n) is 2.22. The molecule has 1 unspecified atom stereocenters. The van der Waals surface area contributed by atoms with E-state index in [1.807, 2.05) is 13.8 Å². The van der Waals surface area contributed by atoms with Crippen LogP contribution in [0.25, 0.3) is 0 Å². The monoisotopic (exact) mass is 283 g/mol. The Morgan fingerprint density at radius 3 is 2.11 bits per heavy atom. The van der Waals surface area contributed by atoms with Crippen LogP contribution in [0.1, 0.15) is 39.2 Å². The van der Waals surface area contributed by atoms with Crippen molar-refractivity contribution in [3.8, 4) is 0 Å². The van der Waals surface area contributed by atoms with Gasteiger partial charge in [-0.3, -0.25) is 4.79 Å². The van der Waals surface area contributed by atoms with Gasteiger partial charge in [0.1, 0.15) is 5.78 Å². The third kappa shape index (κ3) is 3.88. The Kier molecular flexibility index (Phi) is 5.26. The maximum atomic E-state index is 11.8. The predicted octanol–water partition coefficient (Wildman–Crippen LogP) is 2.31. The molecule has 0 aliphatic rings. The molecule has 0 saturated carbocycles. The van der Waals surface area contributed by atoms with E-state index in [1.54, 1.807) is 38.1 Å². The van der Waals surface area contributed by atoms with E-state index in [4.69, 9.17) is 0 Å². The summed E-state index contributed by atoms with van der Waals surface area (Å²) < 4.78 is 26.0. The fourth-order valence-corrected chi connectivity index (χ4v) is 3.26. The third-order valence-electron chi connectivity index (χ3n) is 2.99. The van der Waals surface area contributed by atoms with E-state index in [1.165, 1.54) is 0 Å². The molecule has 0 aliphatic heterocycles. The number of hydrogen-bond acceptors (Lipinski definition) is 3. The van der Waals surface area contributed by atoms with Crippen molar-refractivity contribution in [1.82, 2.24) is 4.72 Å². The van der Waals surface area contributed by atoms with Crippen LogP contribution in [0.4, 0.5) is 0 Å². The largest absolute Gasteiger partial charge is 0.299 e. The molecular weight excluding hydrogens is 262 g/mol. The lowest BCUT2D eigenvalue weighted by Gasteiger charge is -2.18. The maximum Gasteiger partial charge on any atom is 0.240 e. The Morgan fingerprint density at radius 1 is 1.21 bits per heavy atom. The zero-order valence-corrected chi connectivity index (χ0v) is 12.6. The quantitative estimate of drug-likeness (QED) is 0.871. The van der Waals surface area contributed by atoms with Crippen molar-refractivity contribution in [3.05, 3.63) is 29.8 Å². The molecular formula is C14H21NO3S. The van der Waals surface area contributed by atoms with Crippen LogP contribution in [0.15, 0.2) is 29.2 Å². The lowest BCUT2D eigenvalue weighted by molar-refractivity contribution is -0.119. The summed E-state index contributed by atoms with van der Waals surface area (Å²) in [5.41, 5.74) is 0.859. The minimum atomic E-state index is -3.43. The predicted molar refractivity (Wildman–Crippen MR) is 75.6 cm³/mol. The summed E-state index contributed by atoms with van der Waals surface area (Å²) in [7, 11) is -3.43. The van der Waals surface area contributed by atoms with Gasteiger partial charge in [-0.05, 0) is 30.5 Å². The Bertz CT molecular complexity index is 532. The summed E-state index contributed by atoms with van der Waals surface area (Å²) in [5.74, 6) is 0.0990. The van der Waals surface area contributed by atoms with Crippen LogP contribution >= 0.6 is 0 Å². The van der Waals surface area contributed by atoms with Gasteiger partial charge >= 0.3 is 0 Å². The SMILES string of the molecule is CCNS(=O)(=O)c1ccc(C(C(C)=O)C(C)C)cc1. The van der Waals surface area contributed by atoms with Gasteiger partial charge in [-0.15, -0.1) is 0 Å². The molecule has 5 heteroatoms. The molecule has 106 valence electrons. The first-order chi connectivity index (χ1) is 8.79. The molecule has 0 heterocycles. The summed E-state index contributed by atoms with van der Waals surface area (Å²) in [5, 5.41) is 0. The maximum absolute atomic E-state index is 11.8. The van der Waals surface area contributed by atoms with E-state index in [0.717, 1.165) is 5.56 Å². The van der Waals surface area contributed by atoms with Gasteiger partial charge in [0.2, 0.25) is 10.0 Å². The smallest absolute Gasteiger partial charge is 0.240 e. The third-order valence-corrected chi connectivity index (χ3v) is 4.55. The molecule has 0 amide bonds. The summed E-state index contributed by atoms with van der Waals surface area (Å²) in [6.45, 7) is 7.61. The number of hydrogen-bond donors (Lipinski definition) is 1. The number of benzene rings is 1. The average molecular weight is 283 g/mol. The molecule has 1 atom stereocenters. The fraction of sp³-hybridized carbons (Fsp3) is 0.500. The second-order valence-corrected chi connectivity index (χ2v) is 6.67. The zero-order valence-electron chi connectivity index (χ0n) is 11.8. The van der Waals surface area contributed by atoms with E-state index in [0.29, 0.717) is 6.54 Å². The van der Waals surface area contributed by atoms with Crippen molar-refractivity contribution < 1.29 is 13.2 Å². The highest BCUT2D eigenvalue weighted by molar-refractivity contribution is 7.89. The number of carbonyl (C=O) groups is 1. The van der Waals surface area contributed by atoms with Crippen molar-refractivity contribution in [3.63, 3.8) is 0 Å². The van der Waals surface area contributed by atoms with Gasteiger partial charge in [-0.25, -0.2) is 13.1 Å². The number of sulfonamides is 1. The number of Topliss-reactive ketones (excluding diaryl/α,β-unsaturated/α-hetero) is 1. The molecule has 19 heavy (non-hydrogen) atoms. The number of nitrogens with one attached hydrogen (secondary N) is 1. The summed E-state index contributed by atoms with van der Waals surface area (Å²) in [6, 6.07) is 6.53. The number of ketones is 1. The van der Waals surface area contributed by atoms with Crippen LogP contribution in [0, 0.1) is 5.92 Å². The number of carbonyl (C=O) groups excluding carboxylic acids is 1. The Labute approximate surface area is 115 Å². The summed E-state index contributed by atoms with van der Waals surface area (Å²) >= 11 is 0. The molecule has 1 aromatic rings. The molecule has 0 radical (unpaired) electrons. The van der Waals surface area contributed by atoms with Crippen molar-refractivity contribution in [2.24, 2.45) is 5.92 Å². The van der Waals surface area contributed by atoms with E-state index in [2.05, 4.69) is 4.72 Å². The summed E-state index contributed by atoms with van der Waals surface area (Å²) in [4.78, 5) is 11.9. The minimum Gasteiger partial charge on any atom is -0.299 e. The molecule has 0 aliphatic carbocycles. The highest BCUT2D eigenvalue weighted by Crippen LogP contribution is 2.26. The molecule has 0 saturated heterocycles. The van der Waals surface area contributed by atoms with Gasteiger partial charge in [0.15, 0.2) is 0 Å². The van der Waals surface area contributed by atoms with Crippen molar-refractivity contribution in [2.75, 3.05) is 6.54 Å². The first kappa shape index (κ1) is 15.9. The highest BCUT2D eigenvalue weighted by atomic mass is 32.2. The zero-order chi connectivity index (χ0) is 14.6. The van der Waals surface area contributed by atoms with E-state index in [9.17, 15) is 13.2 Å². The van der Waals surface area contributed by atoms with Gasteiger partial charge in [0, 0.05) is 12.5 Å². The van der Waals surface area contributed by atoms with Gasteiger partial charge in [-0.1, -0.05) is 32.9 Å². The number of rotatable bonds is 6. The van der Waals surface area contributed by atoms with E-state index >= 15 is 0 Å². The molecule has 0 spiro atoms. The first-order valence-electron chi connectivity index (χ1n) is 6.39. The lowest BCUT2D eigenvalue weighted by Crippen LogP contribution is -2.23. The van der Waals surface area contributed by atoms with Gasteiger partial charge in [0.25, 0.3) is 0 Å². The minimum absolute atomic E-state index is 0.0947. The second kappa shape index (κ2) is 6.30. The van der Waals surface area contributed by atoms with Gasteiger partial charge in [-0.2, -0.15) is 0 Å². The van der Waals surface area contributed by atoms with E-state index < -0.39 is 10.0 Å². The van der Waals surface area contributed by atoms with Crippen LogP contribution < -0.4 is 4.72 Å². The van der Waals surface area contributed by atoms with Gasteiger partial charge < -0.3 is 0 Å². The van der Waals surface area contributed by atoms with Crippen molar-refractivity contribution in [2.45, 2.75) is 38.5 Å². The molecule has 4 nitrogen and oxygen atoms in total. The molecule has 1 aromatic carbocycles. The Morgan fingerprint density at radius 2 is 1.74 bits per heavy atom. The van der Waals surface area contributed by atoms with E-state index in [-0.39, 0.29) is 22.5 Å². The second-order valence-electron chi connectivity index (χ2n) is 4.90. The standard InChI is InChI=1S/C14H21NO3S/c1-5-15-19(17,18)13-8-6-12(7-9-13)14(10(2)3)11(4)16/h6-10,14-15H,5H2,1-4H3. The van der Waals surface area contributed by atoms with Crippen LogP contribution in [0.3, 0.4) is 0 Å². The average Bonchev–Trinajstić information content (AvgIpc) is 2.28. The highest BCUT2D eigenvalue weighted by Gasteiger charge is 2.21.